The van der Waals surface area contributed by atoms with Gasteiger partial charge in [0.15, 0.2) is 0 Å². The monoisotopic (exact) mass is 457 g/mol. The second-order valence-electron chi connectivity index (χ2n) is 7.66. The number of nitrogens with zero attached hydrogens (tertiary/aromatic N) is 2. The van der Waals surface area contributed by atoms with Crippen LogP contribution in [-0.4, -0.2) is 32.9 Å². The molecule has 0 atom stereocenters. The summed E-state index contributed by atoms with van der Waals surface area (Å²) in [5.74, 6) is -0.129. The molecular formula is C25H20FN5O3. The Bertz CT molecular complexity index is 1590. The Hall–Kier alpha value is -4.53. The van der Waals surface area contributed by atoms with E-state index < -0.39 is 6.09 Å². The maximum Gasteiger partial charge on any atom is 0.413 e. The van der Waals surface area contributed by atoms with E-state index >= 15 is 4.39 Å². The van der Waals surface area contributed by atoms with Gasteiger partial charge in [0, 0.05) is 17.4 Å². The number of nitrogens with one attached hydrogen (secondary N) is 3. The molecule has 34 heavy (non-hydrogen) atoms. The SMILES string of the molecule is CCOC(=O)Nc1nc2cc(-c3cccc(Cc4n[nH]c(=O)c5ccccc45)c3F)ccc2[nH]1. The van der Waals surface area contributed by atoms with E-state index in [-0.39, 0.29) is 30.4 Å². The number of hydrogen-bond donors (Lipinski definition) is 3. The number of aromatic nitrogens is 4. The molecular weight excluding hydrogens is 437 g/mol. The molecule has 0 aliphatic heterocycles. The third kappa shape index (κ3) is 3.99. The third-order valence-corrected chi connectivity index (χ3v) is 5.50. The Morgan fingerprint density at radius 1 is 1.09 bits per heavy atom. The highest BCUT2D eigenvalue weighted by molar-refractivity contribution is 5.88. The first-order chi connectivity index (χ1) is 16.5. The number of anilines is 1. The summed E-state index contributed by atoms with van der Waals surface area (Å²) in [6.45, 7) is 1.96. The molecule has 5 aromatic rings. The predicted octanol–water partition coefficient (Wildman–Crippen LogP) is 4.76. The van der Waals surface area contributed by atoms with Crippen LogP contribution in [0.2, 0.25) is 0 Å². The number of amides is 1. The highest BCUT2D eigenvalue weighted by Crippen LogP contribution is 2.29. The van der Waals surface area contributed by atoms with Crippen LogP contribution in [0.25, 0.3) is 32.9 Å². The topological polar surface area (TPSA) is 113 Å². The van der Waals surface area contributed by atoms with Gasteiger partial charge in [-0.2, -0.15) is 5.10 Å². The van der Waals surface area contributed by atoms with Crippen LogP contribution in [0.3, 0.4) is 0 Å². The Morgan fingerprint density at radius 2 is 1.91 bits per heavy atom. The van der Waals surface area contributed by atoms with E-state index in [1.165, 1.54) is 0 Å². The molecule has 3 aromatic carbocycles. The Kier molecular flexibility index (Phi) is 5.51. The molecule has 1 amide bonds. The normalized spacial score (nSPS) is 11.1. The molecule has 3 N–H and O–H groups in total. The fourth-order valence-corrected chi connectivity index (χ4v) is 3.92. The second kappa shape index (κ2) is 8.78. The van der Waals surface area contributed by atoms with E-state index in [4.69, 9.17) is 4.74 Å². The lowest BCUT2D eigenvalue weighted by Crippen LogP contribution is -2.14. The number of fused-ring (bicyclic) bond motifs is 2. The van der Waals surface area contributed by atoms with Crippen LogP contribution in [-0.2, 0) is 11.2 Å². The Balaban J connectivity index is 1.49. The van der Waals surface area contributed by atoms with Crippen molar-refractivity contribution >= 4 is 33.8 Å². The average molecular weight is 457 g/mol. The summed E-state index contributed by atoms with van der Waals surface area (Å²) in [5, 5.41) is 10.4. The lowest BCUT2D eigenvalue weighted by atomic mass is 9.98. The third-order valence-electron chi connectivity index (χ3n) is 5.50. The fourth-order valence-electron chi connectivity index (χ4n) is 3.92. The van der Waals surface area contributed by atoms with E-state index in [0.717, 1.165) is 0 Å². The van der Waals surface area contributed by atoms with Gasteiger partial charge in [0.25, 0.3) is 5.56 Å². The number of halogens is 1. The lowest BCUT2D eigenvalue weighted by molar-refractivity contribution is 0.167. The summed E-state index contributed by atoms with van der Waals surface area (Å²) in [6, 6.07) is 17.6. The van der Waals surface area contributed by atoms with E-state index in [0.29, 0.717) is 44.2 Å². The summed E-state index contributed by atoms with van der Waals surface area (Å²) in [5.41, 5.74) is 3.07. The number of aromatic amines is 2. The maximum absolute atomic E-state index is 15.6. The van der Waals surface area contributed by atoms with Crippen molar-refractivity contribution in [2.45, 2.75) is 13.3 Å². The first-order valence-electron chi connectivity index (χ1n) is 10.7. The van der Waals surface area contributed by atoms with Gasteiger partial charge < -0.3 is 9.72 Å². The Labute approximate surface area is 192 Å². The van der Waals surface area contributed by atoms with Crippen molar-refractivity contribution in [3.8, 4) is 11.1 Å². The van der Waals surface area contributed by atoms with Crippen LogP contribution in [0.4, 0.5) is 15.1 Å². The molecule has 0 aliphatic carbocycles. The predicted molar refractivity (Wildman–Crippen MR) is 127 cm³/mol. The van der Waals surface area contributed by atoms with Crippen molar-refractivity contribution in [1.29, 1.82) is 0 Å². The van der Waals surface area contributed by atoms with E-state index in [1.807, 2.05) is 12.1 Å². The van der Waals surface area contributed by atoms with Crippen LogP contribution >= 0.6 is 0 Å². The van der Waals surface area contributed by atoms with Crippen molar-refractivity contribution in [3.05, 3.63) is 88.1 Å². The average Bonchev–Trinajstić information content (AvgIpc) is 3.23. The summed E-state index contributed by atoms with van der Waals surface area (Å²) >= 11 is 0. The highest BCUT2D eigenvalue weighted by atomic mass is 19.1. The minimum absolute atomic E-state index is 0.217. The van der Waals surface area contributed by atoms with Gasteiger partial charge in [0.05, 0.1) is 28.7 Å². The number of hydrogen-bond acceptors (Lipinski definition) is 5. The van der Waals surface area contributed by atoms with Gasteiger partial charge in [-0.25, -0.2) is 19.3 Å². The molecule has 9 heteroatoms. The molecule has 2 aromatic heterocycles. The molecule has 0 saturated heterocycles. The second-order valence-corrected chi connectivity index (χ2v) is 7.66. The van der Waals surface area contributed by atoms with E-state index in [2.05, 4.69) is 25.5 Å². The standard InChI is InChI=1S/C25H20FN5O3/c1-2-34-25(33)29-24-27-19-11-10-14(12-21(19)28-24)16-9-5-6-15(22(16)26)13-20-17-7-3-4-8-18(17)23(32)31-30-20/h3-12H,2,13H2,1H3,(H,31,32)(H2,27,28,29,33). The van der Waals surface area contributed by atoms with Crippen molar-refractivity contribution < 1.29 is 13.9 Å². The van der Waals surface area contributed by atoms with Gasteiger partial charge >= 0.3 is 6.09 Å². The van der Waals surface area contributed by atoms with Gasteiger partial charge in [-0.05, 0) is 36.2 Å². The first-order valence-corrected chi connectivity index (χ1v) is 10.7. The van der Waals surface area contributed by atoms with E-state index in [1.54, 1.807) is 55.5 Å². The zero-order valence-electron chi connectivity index (χ0n) is 18.2. The highest BCUT2D eigenvalue weighted by Gasteiger charge is 2.15. The number of carbonyl (C=O) groups excluding carboxylic acids is 1. The minimum Gasteiger partial charge on any atom is -0.450 e. The zero-order chi connectivity index (χ0) is 23.7. The summed E-state index contributed by atoms with van der Waals surface area (Å²) < 4.78 is 20.4. The van der Waals surface area contributed by atoms with Gasteiger partial charge in [-0.3, -0.25) is 10.1 Å². The molecule has 0 radical (unpaired) electrons. The van der Waals surface area contributed by atoms with Crippen LogP contribution in [0, 0.1) is 5.82 Å². The Morgan fingerprint density at radius 3 is 2.74 bits per heavy atom. The fraction of sp³-hybridized carbons (Fsp3) is 0.120. The van der Waals surface area contributed by atoms with Crippen molar-refractivity contribution in [2.24, 2.45) is 0 Å². The van der Waals surface area contributed by atoms with Crippen LogP contribution in [0.15, 0.2) is 65.5 Å². The molecule has 5 rings (SSSR count). The molecule has 0 spiro atoms. The van der Waals surface area contributed by atoms with E-state index in [9.17, 15) is 9.59 Å². The number of benzene rings is 3. The molecule has 0 unspecified atom stereocenters. The van der Waals surface area contributed by atoms with Crippen LogP contribution in [0.1, 0.15) is 18.2 Å². The molecule has 0 aliphatic rings. The summed E-state index contributed by atoms with van der Waals surface area (Å²) in [6.07, 6.45) is -0.390. The van der Waals surface area contributed by atoms with Gasteiger partial charge in [0.1, 0.15) is 5.82 Å². The molecule has 8 nitrogen and oxygen atoms in total. The van der Waals surface area contributed by atoms with Crippen LogP contribution in [0.5, 0.6) is 0 Å². The number of carbonyl (C=O) groups is 1. The summed E-state index contributed by atoms with van der Waals surface area (Å²) in [7, 11) is 0. The smallest absolute Gasteiger partial charge is 0.413 e. The summed E-state index contributed by atoms with van der Waals surface area (Å²) in [4.78, 5) is 31.0. The molecule has 0 saturated carbocycles. The molecule has 0 bridgehead atoms. The number of rotatable bonds is 5. The zero-order valence-corrected chi connectivity index (χ0v) is 18.2. The number of imidazole rings is 1. The largest absolute Gasteiger partial charge is 0.450 e. The minimum atomic E-state index is -0.607. The van der Waals surface area contributed by atoms with Gasteiger partial charge in [0.2, 0.25) is 5.95 Å². The van der Waals surface area contributed by atoms with Crippen molar-refractivity contribution in [2.75, 3.05) is 11.9 Å². The first kappa shape index (κ1) is 21.3. The molecule has 2 heterocycles. The van der Waals surface area contributed by atoms with Gasteiger partial charge in [-0.1, -0.05) is 42.5 Å². The van der Waals surface area contributed by atoms with Crippen molar-refractivity contribution in [3.63, 3.8) is 0 Å². The quantitative estimate of drug-likeness (QED) is 0.352. The number of ether oxygens (including phenoxy) is 1. The molecule has 170 valence electrons. The number of H-pyrrole nitrogens is 2. The van der Waals surface area contributed by atoms with Crippen molar-refractivity contribution in [1.82, 2.24) is 20.2 Å². The maximum atomic E-state index is 15.6. The van der Waals surface area contributed by atoms with Crippen LogP contribution < -0.4 is 10.9 Å². The molecule has 0 fully saturated rings. The lowest BCUT2D eigenvalue weighted by Gasteiger charge is -2.10. The van der Waals surface area contributed by atoms with Gasteiger partial charge in [-0.15, -0.1) is 0 Å².